The minimum atomic E-state index is -3.93. The first-order valence-electron chi connectivity index (χ1n) is 20.1. The maximum absolute atomic E-state index is 14.8. The van der Waals surface area contributed by atoms with E-state index in [-0.39, 0.29) is 37.1 Å². The molecule has 1 aromatic carbocycles. The molecule has 0 bridgehead atoms. The summed E-state index contributed by atoms with van der Waals surface area (Å²) in [5.41, 5.74) is -2.40. The van der Waals surface area contributed by atoms with Gasteiger partial charge in [-0.3, -0.25) is 19.1 Å². The molecule has 3 heterocycles. The molecular weight excluding hydrogens is 758 g/mol. The number of halogens is 1. The van der Waals surface area contributed by atoms with E-state index in [0.717, 1.165) is 19.3 Å². The van der Waals surface area contributed by atoms with Gasteiger partial charge in [-0.1, -0.05) is 26.0 Å². The molecule has 16 heteroatoms. The van der Waals surface area contributed by atoms with Crippen LogP contribution in [0.3, 0.4) is 0 Å². The fourth-order valence-corrected chi connectivity index (χ4v) is 9.32. The number of carbonyl (C=O) groups excluding carboxylic acids is 4. The lowest BCUT2D eigenvalue weighted by Crippen LogP contribution is -2.59. The van der Waals surface area contributed by atoms with Gasteiger partial charge in [0.25, 0.3) is 5.91 Å². The van der Waals surface area contributed by atoms with E-state index in [2.05, 4.69) is 27.3 Å². The molecule has 310 valence electrons. The molecule has 1 aromatic heterocycles. The maximum Gasteiger partial charge on any atom is 0.408 e. The van der Waals surface area contributed by atoms with Gasteiger partial charge < -0.3 is 29.7 Å². The topological polar surface area (TPSA) is 182 Å². The Morgan fingerprint density at radius 3 is 2.53 bits per heavy atom. The number of allylic oxidation sites excluding steroid dienone is 1. The molecule has 5 aliphatic rings. The smallest absolute Gasteiger partial charge is 0.408 e. The number of pyridine rings is 1. The van der Waals surface area contributed by atoms with Gasteiger partial charge in [-0.15, -0.1) is 0 Å². The van der Waals surface area contributed by atoms with Crippen molar-refractivity contribution in [2.24, 2.45) is 23.7 Å². The highest BCUT2D eigenvalue weighted by atomic mass is 32.2. The van der Waals surface area contributed by atoms with Gasteiger partial charge in [-0.2, -0.15) is 0 Å². The molecule has 2 aromatic rings. The summed E-state index contributed by atoms with van der Waals surface area (Å²) in [4.78, 5) is 62.2. The van der Waals surface area contributed by atoms with Crippen LogP contribution in [0.1, 0.15) is 92.4 Å². The zero-order valence-electron chi connectivity index (χ0n) is 33.2. The Morgan fingerprint density at radius 2 is 1.82 bits per heavy atom. The Hall–Kier alpha value is -4.47. The molecule has 3 aliphatic carbocycles. The van der Waals surface area contributed by atoms with E-state index in [1.165, 1.54) is 23.2 Å². The number of nitrogens with zero attached hydrogens (tertiary/aromatic N) is 2. The number of hydrogen-bond donors (Lipinski definition) is 3. The van der Waals surface area contributed by atoms with Gasteiger partial charge in [0.2, 0.25) is 27.7 Å². The third kappa shape index (κ3) is 9.47. The lowest BCUT2D eigenvalue weighted by molar-refractivity contribution is -0.142. The van der Waals surface area contributed by atoms with Crippen molar-refractivity contribution in [3.63, 3.8) is 0 Å². The number of sulfonamides is 1. The number of alkyl carbamates (subject to hydrolysis) is 1. The van der Waals surface area contributed by atoms with Crippen molar-refractivity contribution >= 4 is 44.6 Å². The van der Waals surface area contributed by atoms with Gasteiger partial charge in [0.1, 0.15) is 40.9 Å². The van der Waals surface area contributed by atoms with E-state index < -0.39 is 80.2 Å². The zero-order valence-corrected chi connectivity index (χ0v) is 34.0. The van der Waals surface area contributed by atoms with E-state index in [1.807, 2.05) is 19.1 Å². The SMILES string of the molecule is C[C@H]1CC/C=C\[C@@H]2C[C@@]2(C(=O)NS(=O)(=O)C2CC2)NC(=O)[C@@H]2C[C@@H](Oc3ncc(OCC4CC4)c4ccc(F)cc34)CN2C(=O)[C@@H](NC(=O)OC(C)(C)C)[C@H](C)C1. The number of carbonyl (C=O) groups is 4. The van der Waals surface area contributed by atoms with Crippen LogP contribution in [0.15, 0.2) is 36.5 Å². The third-order valence-corrected chi connectivity index (χ3v) is 13.3. The summed E-state index contributed by atoms with van der Waals surface area (Å²) in [5, 5.41) is 5.95. The molecule has 4 fully saturated rings. The van der Waals surface area contributed by atoms with Crippen molar-refractivity contribution in [2.45, 2.75) is 127 Å². The summed E-state index contributed by atoms with van der Waals surface area (Å²) in [6.07, 6.45) is 8.87. The van der Waals surface area contributed by atoms with Gasteiger partial charge in [-0.05, 0) is 108 Å². The first-order chi connectivity index (χ1) is 26.9. The van der Waals surface area contributed by atoms with Crippen LogP contribution in [0, 0.1) is 29.5 Å². The van der Waals surface area contributed by atoms with E-state index in [1.54, 1.807) is 26.8 Å². The number of benzene rings is 1. The average Bonchev–Trinajstić information content (AvgIpc) is 4.02. The predicted molar refractivity (Wildman–Crippen MR) is 208 cm³/mol. The van der Waals surface area contributed by atoms with Gasteiger partial charge >= 0.3 is 6.09 Å². The van der Waals surface area contributed by atoms with Crippen LogP contribution in [0.2, 0.25) is 0 Å². The second-order valence-electron chi connectivity index (χ2n) is 17.7. The predicted octanol–water partition coefficient (Wildman–Crippen LogP) is 4.90. The normalized spacial score (nSPS) is 30.2. The van der Waals surface area contributed by atoms with Gasteiger partial charge in [0.15, 0.2) is 0 Å². The number of ether oxygens (including phenoxy) is 3. The molecule has 1 saturated heterocycles. The monoisotopic (exact) mass is 811 g/mol. The second kappa shape index (κ2) is 15.7. The molecule has 7 atom stereocenters. The highest BCUT2D eigenvalue weighted by molar-refractivity contribution is 7.91. The van der Waals surface area contributed by atoms with Gasteiger partial charge in [0, 0.05) is 17.7 Å². The summed E-state index contributed by atoms with van der Waals surface area (Å²) < 4.78 is 60.7. The van der Waals surface area contributed by atoms with Gasteiger partial charge in [0.05, 0.1) is 30.0 Å². The molecule has 0 spiro atoms. The van der Waals surface area contributed by atoms with Crippen LogP contribution in [0.5, 0.6) is 11.6 Å². The number of hydrogen-bond acceptors (Lipinski definition) is 10. The summed E-state index contributed by atoms with van der Waals surface area (Å²) in [6.45, 7) is 9.49. The first-order valence-corrected chi connectivity index (χ1v) is 21.7. The number of fused-ring (bicyclic) bond motifs is 3. The third-order valence-electron chi connectivity index (χ3n) is 11.5. The largest absolute Gasteiger partial charge is 0.491 e. The van der Waals surface area contributed by atoms with Crippen molar-refractivity contribution in [1.82, 2.24) is 25.2 Å². The summed E-state index contributed by atoms with van der Waals surface area (Å²) in [5.74, 6) is -2.24. The fraction of sp³-hybridized carbons (Fsp3) is 0.634. The Kier molecular flexibility index (Phi) is 11.2. The van der Waals surface area contributed by atoms with Crippen LogP contribution in [0.4, 0.5) is 9.18 Å². The van der Waals surface area contributed by atoms with Crippen LogP contribution < -0.4 is 24.8 Å². The van der Waals surface area contributed by atoms with Gasteiger partial charge in [-0.25, -0.2) is 22.6 Å². The zero-order chi connectivity index (χ0) is 40.9. The number of nitrogens with one attached hydrogen (secondary N) is 3. The summed E-state index contributed by atoms with van der Waals surface area (Å²) in [7, 11) is -3.93. The Labute approximate surface area is 333 Å². The highest BCUT2D eigenvalue weighted by Gasteiger charge is 2.62. The molecule has 4 amide bonds. The van der Waals surface area contributed by atoms with Crippen LogP contribution in [0.25, 0.3) is 10.8 Å². The molecule has 57 heavy (non-hydrogen) atoms. The Balaban J connectivity index is 1.21. The van der Waals surface area contributed by atoms with Crippen molar-refractivity contribution < 1.29 is 46.2 Å². The van der Waals surface area contributed by atoms with E-state index in [4.69, 9.17) is 14.2 Å². The number of rotatable bonds is 9. The standard InChI is InChI=1S/C41H54FN5O9S/c1-23-8-6-7-9-26-19-41(26,38(50)46-57(52,53)29-13-14-29)45-35(48)32-18-28(21-47(32)37(49)34(24(2)16-23)44-39(51)56-40(3,4)5)55-36-31-17-27(42)12-15-30(31)33(20-43-36)54-22-25-10-11-25/h7,9,12,15,17,20,23-26,28-29,32,34H,6,8,10-11,13-14,16,18-19,21-22H2,1-5H3,(H,44,51)(H,45,48)(H,46,50)/b9-7-/t23-,24+,26+,28+,32-,34-,41+/m0/s1. The van der Waals surface area contributed by atoms with E-state index in [9.17, 15) is 32.0 Å². The number of aromatic nitrogens is 1. The van der Waals surface area contributed by atoms with E-state index in [0.29, 0.717) is 54.7 Å². The molecule has 0 radical (unpaired) electrons. The number of amides is 4. The summed E-state index contributed by atoms with van der Waals surface area (Å²) >= 11 is 0. The minimum Gasteiger partial charge on any atom is -0.491 e. The Bertz CT molecular complexity index is 2050. The first kappa shape index (κ1) is 40.7. The fourth-order valence-electron chi connectivity index (χ4n) is 7.96. The molecule has 2 aliphatic heterocycles. The molecular formula is C41H54FN5O9S. The van der Waals surface area contributed by atoms with Crippen molar-refractivity contribution in [2.75, 3.05) is 13.2 Å². The van der Waals surface area contributed by atoms with Crippen molar-refractivity contribution in [3.05, 3.63) is 42.4 Å². The molecule has 14 nitrogen and oxygen atoms in total. The van der Waals surface area contributed by atoms with E-state index >= 15 is 0 Å². The molecule has 0 unspecified atom stereocenters. The highest BCUT2D eigenvalue weighted by Crippen LogP contribution is 2.46. The van der Waals surface area contributed by atoms with Crippen molar-refractivity contribution in [3.8, 4) is 11.6 Å². The molecule has 3 N–H and O–H groups in total. The summed E-state index contributed by atoms with van der Waals surface area (Å²) in [6, 6.07) is 1.94. The van der Waals surface area contributed by atoms with Crippen LogP contribution >= 0.6 is 0 Å². The molecule has 7 rings (SSSR count). The molecule has 3 saturated carbocycles. The maximum atomic E-state index is 14.8. The van der Waals surface area contributed by atoms with Crippen LogP contribution in [-0.2, 0) is 29.1 Å². The average molecular weight is 812 g/mol. The quantitative estimate of drug-likeness (QED) is 0.295. The second-order valence-corrected chi connectivity index (χ2v) is 19.7. The lowest BCUT2D eigenvalue weighted by Gasteiger charge is -2.33. The lowest BCUT2D eigenvalue weighted by atomic mass is 9.88. The minimum absolute atomic E-state index is 0.0431. The van der Waals surface area contributed by atoms with Crippen molar-refractivity contribution in [1.29, 1.82) is 0 Å². The van der Waals surface area contributed by atoms with Crippen LogP contribution in [-0.4, -0.2) is 89.8 Å². The Morgan fingerprint density at radius 1 is 1.07 bits per heavy atom.